The quantitative estimate of drug-likeness (QED) is 0.343. The molecule has 3 N–H and O–H groups in total. The number of hydrogen-bond acceptors (Lipinski definition) is 2. The highest BCUT2D eigenvalue weighted by Crippen LogP contribution is 2.06. The molecule has 0 aromatic heterocycles. The molecule has 136 valence electrons. The molecule has 24 heavy (non-hydrogen) atoms. The van der Waals surface area contributed by atoms with Gasteiger partial charge in [-0.3, -0.25) is 9.79 Å². The second-order valence-electron chi connectivity index (χ2n) is 5.97. The fraction of sp³-hybridized carbons (Fsp3) is 0.556. The van der Waals surface area contributed by atoms with Gasteiger partial charge in [0, 0.05) is 31.7 Å². The summed E-state index contributed by atoms with van der Waals surface area (Å²) in [6.45, 7) is 10.1. The Labute approximate surface area is 163 Å². The van der Waals surface area contributed by atoms with Crippen LogP contribution in [0.15, 0.2) is 29.3 Å². The molecule has 0 aliphatic rings. The fourth-order valence-corrected chi connectivity index (χ4v) is 2.01. The number of aliphatic imine (C=N–C) groups is 1. The zero-order valence-electron chi connectivity index (χ0n) is 15.3. The summed E-state index contributed by atoms with van der Waals surface area (Å²) in [4.78, 5) is 16.3. The first-order valence-corrected chi connectivity index (χ1v) is 8.33. The largest absolute Gasteiger partial charge is 0.357 e. The average molecular weight is 446 g/mol. The van der Waals surface area contributed by atoms with Crippen LogP contribution in [0.25, 0.3) is 0 Å². The summed E-state index contributed by atoms with van der Waals surface area (Å²) >= 11 is 0. The van der Waals surface area contributed by atoms with Crippen LogP contribution in [-0.2, 0) is 6.42 Å². The Bertz CT molecular complexity index is 532. The van der Waals surface area contributed by atoms with Gasteiger partial charge in [-0.05, 0) is 43.9 Å². The van der Waals surface area contributed by atoms with E-state index in [1.54, 1.807) is 7.05 Å². The van der Waals surface area contributed by atoms with Gasteiger partial charge in [-0.1, -0.05) is 26.0 Å². The van der Waals surface area contributed by atoms with E-state index in [1.165, 1.54) is 0 Å². The van der Waals surface area contributed by atoms with Crippen LogP contribution in [0.1, 0.15) is 43.6 Å². The van der Waals surface area contributed by atoms with E-state index < -0.39 is 0 Å². The Kier molecular flexibility index (Phi) is 11.4. The van der Waals surface area contributed by atoms with Gasteiger partial charge in [-0.25, -0.2) is 0 Å². The lowest BCUT2D eigenvalue weighted by molar-refractivity contribution is 0.0963. The van der Waals surface area contributed by atoms with Crippen LogP contribution in [0.5, 0.6) is 0 Å². The molecule has 0 bridgehead atoms. The van der Waals surface area contributed by atoms with Gasteiger partial charge in [-0.2, -0.15) is 0 Å². The molecule has 1 rings (SSSR count). The van der Waals surface area contributed by atoms with Crippen molar-refractivity contribution in [2.45, 2.75) is 40.2 Å². The number of carbonyl (C=O) groups is 1. The molecule has 1 atom stereocenters. The van der Waals surface area contributed by atoms with Gasteiger partial charge in [0.25, 0.3) is 5.91 Å². The minimum atomic E-state index is -0.0592. The summed E-state index contributed by atoms with van der Waals surface area (Å²) in [5.41, 5.74) is 1.80. The Morgan fingerprint density at radius 1 is 1.25 bits per heavy atom. The SMILES string of the molecule is CCNC(=NCCc1cccc(C(=O)NC)c1)NC(C)C(C)C.I. The maximum Gasteiger partial charge on any atom is 0.251 e. The molecule has 1 aromatic rings. The van der Waals surface area contributed by atoms with Gasteiger partial charge in [0.2, 0.25) is 0 Å². The fourth-order valence-electron chi connectivity index (χ4n) is 2.01. The lowest BCUT2D eigenvalue weighted by Gasteiger charge is -2.20. The first-order valence-electron chi connectivity index (χ1n) is 8.33. The highest BCUT2D eigenvalue weighted by Gasteiger charge is 2.08. The first kappa shape index (κ1) is 22.7. The number of guanidine groups is 1. The van der Waals surface area contributed by atoms with Crippen molar-refractivity contribution in [3.8, 4) is 0 Å². The van der Waals surface area contributed by atoms with Gasteiger partial charge in [0.15, 0.2) is 5.96 Å². The lowest BCUT2D eigenvalue weighted by atomic mass is 10.1. The third-order valence-electron chi connectivity index (χ3n) is 3.80. The summed E-state index contributed by atoms with van der Waals surface area (Å²) in [5, 5.41) is 9.33. The topological polar surface area (TPSA) is 65.5 Å². The van der Waals surface area contributed by atoms with Crippen molar-refractivity contribution in [2.75, 3.05) is 20.1 Å². The van der Waals surface area contributed by atoms with Crippen molar-refractivity contribution in [2.24, 2.45) is 10.9 Å². The molecule has 1 amide bonds. The van der Waals surface area contributed by atoms with E-state index in [4.69, 9.17) is 0 Å². The van der Waals surface area contributed by atoms with E-state index in [2.05, 4.69) is 48.6 Å². The molecule has 0 aliphatic carbocycles. The summed E-state index contributed by atoms with van der Waals surface area (Å²) in [6, 6.07) is 8.05. The number of carbonyl (C=O) groups excluding carboxylic acids is 1. The zero-order chi connectivity index (χ0) is 17.2. The van der Waals surface area contributed by atoms with Crippen LogP contribution >= 0.6 is 24.0 Å². The smallest absolute Gasteiger partial charge is 0.251 e. The molecule has 0 heterocycles. The minimum Gasteiger partial charge on any atom is -0.357 e. The number of nitrogens with one attached hydrogen (secondary N) is 3. The minimum absolute atomic E-state index is 0. The summed E-state index contributed by atoms with van der Waals surface area (Å²) in [5.74, 6) is 1.33. The molecule has 0 saturated carbocycles. The molecule has 6 heteroatoms. The van der Waals surface area contributed by atoms with Crippen LogP contribution in [0.3, 0.4) is 0 Å². The van der Waals surface area contributed by atoms with Crippen molar-refractivity contribution in [1.82, 2.24) is 16.0 Å². The predicted octanol–water partition coefficient (Wildman–Crippen LogP) is 2.81. The summed E-state index contributed by atoms with van der Waals surface area (Å²) in [7, 11) is 1.64. The Morgan fingerprint density at radius 2 is 1.96 bits per heavy atom. The Morgan fingerprint density at radius 3 is 2.54 bits per heavy atom. The normalized spacial score (nSPS) is 12.3. The molecule has 0 spiro atoms. The highest BCUT2D eigenvalue weighted by molar-refractivity contribution is 14.0. The highest BCUT2D eigenvalue weighted by atomic mass is 127. The zero-order valence-corrected chi connectivity index (χ0v) is 17.7. The number of halogens is 1. The van der Waals surface area contributed by atoms with Crippen molar-refractivity contribution in [3.63, 3.8) is 0 Å². The summed E-state index contributed by atoms with van der Waals surface area (Å²) < 4.78 is 0. The maximum absolute atomic E-state index is 11.7. The molecule has 1 unspecified atom stereocenters. The molecule has 0 radical (unpaired) electrons. The van der Waals surface area contributed by atoms with E-state index in [0.29, 0.717) is 24.1 Å². The van der Waals surface area contributed by atoms with Crippen LogP contribution in [-0.4, -0.2) is 38.0 Å². The summed E-state index contributed by atoms with van der Waals surface area (Å²) in [6.07, 6.45) is 0.803. The third kappa shape index (κ3) is 7.99. The maximum atomic E-state index is 11.7. The lowest BCUT2D eigenvalue weighted by Crippen LogP contribution is -2.44. The van der Waals surface area contributed by atoms with Crippen molar-refractivity contribution in [3.05, 3.63) is 35.4 Å². The number of amides is 1. The second-order valence-corrected chi connectivity index (χ2v) is 5.97. The van der Waals surface area contributed by atoms with E-state index >= 15 is 0 Å². The first-order chi connectivity index (χ1) is 11.0. The molecule has 0 fully saturated rings. The Balaban J connectivity index is 0.00000529. The van der Waals surface area contributed by atoms with Gasteiger partial charge in [-0.15, -0.1) is 24.0 Å². The number of rotatable bonds is 7. The van der Waals surface area contributed by atoms with Crippen molar-refractivity contribution in [1.29, 1.82) is 0 Å². The van der Waals surface area contributed by atoms with Crippen molar-refractivity contribution >= 4 is 35.8 Å². The standard InChI is InChI=1S/C18H30N4O.HI/c1-6-20-18(22-14(4)13(2)3)21-11-10-15-8-7-9-16(12-15)17(23)19-5;/h7-9,12-14H,6,10-11H2,1-5H3,(H,19,23)(H2,20,21,22);1H. The average Bonchev–Trinajstić information content (AvgIpc) is 2.54. The van der Waals surface area contributed by atoms with E-state index in [-0.39, 0.29) is 29.9 Å². The number of nitrogens with zero attached hydrogens (tertiary/aromatic N) is 1. The number of hydrogen-bond donors (Lipinski definition) is 3. The molecule has 1 aromatic carbocycles. The molecule has 5 nitrogen and oxygen atoms in total. The van der Waals surface area contributed by atoms with E-state index in [1.807, 2.05) is 24.3 Å². The van der Waals surface area contributed by atoms with Crippen LogP contribution in [0, 0.1) is 5.92 Å². The third-order valence-corrected chi connectivity index (χ3v) is 3.80. The van der Waals surface area contributed by atoms with Crippen LogP contribution in [0.2, 0.25) is 0 Å². The molecular formula is C18H31IN4O. The molecular weight excluding hydrogens is 415 g/mol. The van der Waals surface area contributed by atoms with E-state index in [9.17, 15) is 4.79 Å². The van der Waals surface area contributed by atoms with E-state index in [0.717, 1.165) is 24.5 Å². The van der Waals surface area contributed by atoms with Crippen LogP contribution < -0.4 is 16.0 Å². The van der Waals surface area contributed by atoms with Gasteiger partial charge in [0.05, 0.1) is 0 Å². The monoisotopic (exact) mass is 446 g/mol. The van der Waals surface area contributed by atoms with Crippen LogP contribution in [0.4, 0.5) is 0 Å². The molecule has 0 aliphatic heterocycles. The second kappa shape index (κ2) is 12.1. The van der Waals surface area contributed by atoms with Crippen molar-refractivity contribution < 1.29 is 4.79 Å². The van der Waals surface area contributed by atoms with Gasteiger partial charge in [0.1, 0.15) is 0 Å². The van der Waals surface area contributed by atoms with Gasteiger partial charge < -0.3 is 16.0 Å². The Hall–Kier alpha value is -1.31. The molecule has 0 saturated heterocycles. The van der Waals surface area contributed by atoms with Gasteiger partial charge >= 0.3 is 0 Å². The predicted molar refractivity (Wildman–Crippen MR) is 112 cm³/mol. The number of benzene rings is 1.